The van der Waals surface area contributed by atoms with E-state index in [-0.39, 0.29) is 52.8 Å². The Morgan fingerprint density at radius 2 is 1.49 bits per heavy atom. The molecule has 0 radical (unpaired) electrons. The maximum Gasteiger partial charge on any atom is 0.303 e. The van der Waals surface area contributed by atoms with Crippen LogP contribution in [0.4, 0.5) is 0 Å². The van der Waals surface area contributed by atoms with Crippen molar-refractivity contribution in [3.05, 3.63) is 0 Å². The number of carbonyl (C=O) groups excluding carboxylic acids is 3. The van der Waals surface area contributed by atoms with Crippen molar-refractivity contribution in [2.45, 2.75) is 130 Å². The van der Waals surface area contributed by atoms with Crippen LogP contribution >= 0.6 is 0 Å². The average molecular weight is 575 g/mol. The van der Waals surface area contributed by atoms with Gasteiger partial charge >= 0.3 is 17.9 Å². The predicted octanol–water partition coefficient (Wildman–Crippen LogP) is 5.45. The Morgan fingerprint density at radius 3 is 2.12 bits per heavy atom. The molecule has 230 valence electrons. The van der Waals surface area contributed by atoms with Crippen LogP contribution in [0.2, 0.25) is 0 Å². The first-order chi connectivity index (χ1) is 19.3. The molecule has 41 heavy (non-hydrogen) atoms. The van der Waals surface area contributed by atoms with Crippen molar-refractivity contribution in [3.8, 4) is 0 Å². The third-order valence-corrected chi connectivity index (χ3v) is 12.9. The van der Waals surface area contributed by atoms with E-state index in [1.807, 2.05) is 0 Å². The van der Waals surface area contributed by atoms with Crippen LogP contribution in [0.15, 0.2) is 0 Å². The third kappa shape index (κ3) is 4.56. The molecule has 0 unspecified atom stereocenters. The van der Waals surface area contributed by atoms with Gasteiger partial charge in [0.1, 0.15) is 18.3 Å². The molecule has 8 nitrogen and oxygen atoms in total. The van der Waals surface area contributed by atoms with Gasteiger partial charge in [-0.05, 0) is 80.0 Å². The molecule has 0 aromatic rings. The minimum absolute atomic E-state index is 0.101. The summed E-state index contributed by atoms with van der Waals surface area (Å²) >= 11 is 0. The molecule has 0 aromatic carbocycles. The fourth-order valence-corrected chi connectivity index (χ4v) is 11.2. The van der Waals surface area contributed by atoms with Gasteiger partial charge in [0.25, 0.3) is 0 Å². The molecular formula is C33H50O8. The predicted molar refractivity (Wildman–Crippen MR) is 149 cm³/mol. The molecule has 14 atom stereocenters. The molecule has 0 bridgehead atoms. The van der Waals surface area contributed by atoms with Gasteiger partial charge in [0.2, 0.25) is 0 Å². The van der Waals surface area contributed by atoms with E-state index >= 15 is 0 Å². The zero-order valence-electron chi connectivity index (χ0n) is 26.0. The normalized spacial score (nSPS) is 52.0. The van der Waals surface area contributed by atoms with Crippen LogP contribution in [0, 0.1) is 52.3 Å². The lowest BCUT2D eigenvalue weighted by molar-refractivity contribution is -0.275. The van der Waals surface area contributed by atoms with E-state index in [0.29, 0.717) is 42.4 Å². The Labute approximate surface area is 244 Å². The van der Waals surface area contributed by atoms with E-state index in [9.17, 15) is 14.4 Å². The summed E-state index contributed by atoms with van der Waals surface area (Å²) in [7, 11) is 0. The average Bonchev–Trinajstić information content (AvgIpc) is 3.32. The summed E-state index contributed by atoms with van der Waals surface area (Å²) in [6.45, 7) is 14.4. The van der Waals surface area contributed by atoms with Gasteiger partial charge in [-0.2, -0.15) is 0 Å². The zero-order valence-corrected chi connectivity index (χ0v) is 26.0. The SMILES string of the molecule is CC(=O)O[C@H]1C[C@@H]2CC[C@@H]3[C@H](C[C@@H](OC(C)=O)[C@]4(C)[C@@H]5[C@H](C[C@@H]34)O[C@]3(CC[C@@H](C)CO3)[C@H]5C)[C@@]2(C)C[C@H]1OC(C)=O. The van der Waals surface area contributed by atoms with E-state index in [1.165, 1.54) is 20.8 Å². The van der Waals surface area contributed by atoms with E-state index in [1.54, 1.807) is 0 Å². The monoisotopic (exact) mass is 574 g/mol. The van der Waals surface area contributed by atoms with Crippen LogP contribution in [-0.4, -0.2) is 54.7 Å². The zero-order chi connectivity index (χ0) is 29.5. The number of hydrogen-bond donors (Lipinski definition) is 0. The molecule has 2 saturated heterocycles. The van der Waals surface area contributed by atoms with Crippen molar-refractivity contribution in [1.29, 1.82) is 0 Å². The highest BCUT2D eigenvalue weighted by Gasteiger charge is 2.72. The first-order valence-electron chi connectivity index (χ1n) is 16.1. The van der Waals surface area contributed by atoms with Gasteiger partial charge in [-0.25, -0.2) is 0 Å². The third-order valence-electron chi connectivity index (χ3n) is 12.9. The lowest BCUT2D eigenvalue weighted by Crippen LogP contribution is -2.62. The molecule has 0 aromatic heterocycles. The van der Waals surface area contributed by atoms with Gasteiger partial charge < -0.3 is 23.7 Å². The highest BCUT2D eigenvalue weighted by atomic mass is 16.7. The molecule has 0 N–H and O–H groups in total. The van der Waals surface area contributed by atoms with Gasteiger partial charge in [0.15, 0.2) is 5.79 Å². The molecule has 4 saturated carbocycles. The summed E-state index contributed by atoms with van der Waals surface area (Å²) in [4.78, 5) is 36.6. The molecule has 2 aliphatic heterocycles. The highest BCUT2D eigenvalue weighted by molar-refractivity contribution is 5.67. The molecular weight excluding hydrogens is 524 g/mol. The highest BCUT2D eigenvalue weighted by Crippen LogP contribution is 2.72. The summed E-state index contributed by atoms with van der Waals surface area (Å²) < 4.78 is 31.3. The quantitative estimate of drug-likeness (QED) is 0.324. The Kier molecular flexibility index (Phi) is 7.32. The van der Waals surface area contributed by atoms with Crippen LogP contribution in [0.1, 0.15) is 99.8 Å². The number of fused-ring (bicyclic) bond motifs is 7. The van der Waals surface area contributed by atoms with Crippen molar-refractivity contribution in [1.82, 2.24) is 0 Å². The lowest BCUT2D eigenvalue weighted by Gasteiger charge is -2.63. The largest absolute Gasteiger partial charge is 0.462 e. The second-order valence-corrected chi connectivity index (χ2v) is 15.1. The number of ether oxygens (including phenoxy) is 5. The van der Waals surface area contributed by atoms with Gasteiger partial charge in [0.05, 0.1) is 12.7 Å². The second-order valence-electron chi connectivity index (χ2n) is 15.1. The minimum atomic E-state index is -0.524. The van der Waals surface area contributed by atoms with E-state index < -0.39 is 18.0 Å². The Bertz CT molecular complexity index is 1070. The van der Waals surface area contributed by atoms with Crippen LogP contribution in [-0.2, 0) is 38.1 Å². The first-order valence-corrected chi connectivity index (χ1v) is 16.1. The standard InChI is InChI=1S/C33H50O8/c1-17-10-11-33(37-16-17)18(2)30-27(41-33)13-25-23-9-8-22-12-26(38-19(3)34)28(39-20(4)35)15-31(22,6)24(23)14-29(32(25,30)7)40-21(5)36/h17-18,22-30H,8-16H2,1-7H3/t17-,18+,22+,23-,24+,25+,26+,27+,28-,29-,30+,31+,32-,33-/m1/s1. The molecule has 8 heteroatoms. The van der Waals surface area contributed by atoms with Crippen LogP contribution in [0.5, 0.6) is 0 Å². The van der Waals surface area contributed by atoms with E-state index in [4.69, 9.17) is 23.7 Å². The maximum atomic E-state index is 12.6. The second kappa shape index (κ2) is 10.2. The summed E-state index contributed by atoms with van der Waals surface area (Å²) in [6, 6.07) is 0. The van der Waals surface area contributed by atoms with Crippen molar-refractivity contribution in [3.63, 3.8) is 0 Å². The molecule has 1 spiro atoms. The van der Waals surface area contributed by atoms with Crippen molar-refractivity contribution < 1.29 is 38.1 Å². The van der Waals surface area contributed by atoms with E-state index in [2.05, 4.69) is 27.7 Å². The maximum absolute atomic E-state index is 12.6. The number of carbonyl (C=O) groups is 3. The Balaban J connectivity index is 1.32. The van der Waals surface area contributed by atoms with Gasteiger partial charge in [-0.1, -0.05) is 27.7 Å². The molecule has 6 fully saturated rings. The molecule has 6 rings (SSSR count). The van der Waals surface area contributed by atoms with E-state index in [0.717, 1.165) is 45.1 Å². The fourth-order valence-electron chi connectivity index (χ4n) is 11.2. The smallest absolute Gasteiger partial charge is 0.303 e. The molecule has 6 aliphatic rings. The number of hydrogen-bond acceptors (Lipinski definition) is 8. The minimum Gasteiger partial charge on any atom is -0.462 e. The fraction of sp³-hybridized carbons (Fsp3) is 0.909. The number of esters is 3. The lowest BCUT2D eigenvalue weighted by atomic mass is 9.43. The molecule has 4 aliphatic carbocycles. The van der Waals surface area contributed by atoms with Crippen molar-refractivity contribution in [2.75, 3.05) is 6.61 Å². The Morgan fingerprint density at radius 1 is 0.805 bits per heavy atom. The van der Waals surface area contributed by atoms with Crippen molar-refractivity contribution >= 4 is 17.9 Å². The summed E-state index contributed by atoms with van der Waals surface area (Å²) in [5.41, 5.74) is -0.312. The Hall–Kier alpha value is -1.67. The number of rotatable bonds is 3. The van der Waals surface area contributed by atoms with Gasteiger partial charge in [-0.3, -0.25) is 14.4 Å². The summed E-state index contributed by atoms with van der Waals surface area (Å²) in [5.74, 6) is 1.11. The van der Waals surface area contributed by atoms with Crippen LogP contribution in [0.25, 0.3) is 0 Å². The summed E-state index contributed by atoms with van der Waals surface area (Å²) in [6.07, 6.45) is 6.33. The van der Waals surface area contributed by atoms with Gasteiger partial charge in [0, 0.05) is 44.4 Å². The van der Waals surface area contributed by atoms with Crippen molar-refractivity contribution in [2.24, 2.45) is 52.3 Å². The first kappa shape index (κ1) is 29.4. The summed E-state index contributed by atoms with van der Waals surface area (Å²) in [5, 5.41) is 0. The molecule has 0 amide bonds. The van der Waals surface area contributed by atoms with Crippen LogP contribution < -0.4 is 0 Å². The topological polar surface area (TPSA) is 97.4 Å². The van der Waals surface area contributed by atoms with Gasteiger partial charge in [-0.15, -0.1) is 0 Å². The molecule has 2 heterocycles. The van der Waals surface area contributed by atoms with Crippen LogP contribution in [0.3, 0.4) is 0 Å².